The maximum atomic E-state index is 10.9. The molecule has 0 spiro atoms. The second-order valence-electron chi connectivity index (χ2n) is 6.13. The fraction of sp³-hybridized carbons (Fsp3) is 0.600. The highest BCUT2D eigenvalue weighted by Crippen LogP contribution is 2.24. The highest BCUT2D eigenvalue weighted by atomic mass is 16.6. The van der Waals surface area contributed by atoms with Gasteiger partial charge in [-0.05, 0) is 24.3 Å². The van der Waals surface area contributed by atoms with Crippen LogP contribution in [0, 0.1) is 22.5 Å². The number of hydrogen-bond donors (Lipinski definition) is 2. The summed E-state index contributed by atoms with van der Waals surface area (Å²) >= 11 is 0. The van der Waals surface area contributed by atoms with E-state index in [0.717, 1.165) is 5.56 Å². The molecule has 0 fully saturated rings. The number of aliphatic hydroxyl groups is 1. The summed E-state index contributed by atoms with van der Waals surface area (Å²) in [6.07, 6.45) is 0.664. The second kappa shape index (κ2) is 6.81. The largest absolute Gasteiger partial charge is 0.396 e. The molecule has 0 amide bonds. The summed E-state index contributed by atoms with van der Waals surface area (Å²) in [6.45, 7) is 8.80. The normalized spacial score (nSPS) is 13.2. The van der Waals surface area contributed by atoms with Crippen molar-refractivity contribution in [3.63, 3.8) is 0 Å². The number of rotatable bonds is 6. The first-order chi connectivity index (χ1) is 9.27. The number of nitrogens with zero attached hydrogens (tertiary/aromatic N) is 1. The molecule has 5 heteroatoms. The lowest BCUT2D eigenvalue weighted by Gasteiger charge is -2.31. The van der Waals surface area contributed by atoms with E-state index in [-0.39, 0.29) is 28.7 Å². The molecule has 5 nitrogen and oxygen atoms in total. The van der Waals surface area contributed by atoms with Gasteiger partial charge in [-0.2, -0.15) is 0 Å². The van der Waals surface area contributed by atoms with Crippen LogP contribution in [0.5, 0.6) is 0 Å². The summed E-state index contributed by atoms with van der Waals surface area (Å²) in [5, 5.41) is 23.5. The molecule has 0 bridgehead atoms. The second-order valence-corrected chi connectivity index (χ2v) is 6.13. The Morgan fingerprint density at radius 3 is 2.55 bits per heavy atom. The van der Waals surface area contributed by atoms with E-state index in [2.05, 4.69) is 26.1 Å². The van der Waals surface area contributed by atoms with E-state index < -0.39 is 0 Å². The standard InChI is InChI=1S/C15H24N2O3/c1-11-12(6-5-7-13(11)17(19)20)10-16-14(8-9-18)15(2,3)4/h5-7,14,16,18H,8-10H2,1-4H3. The Morgan fingerprint density at radius 2 is 2.05 bits per heavy atom. The molecule has 2 N–H and O–H groups in total. The Morgan fingerprint density at radius 1 is 1.40 bits per heavy atom. The summed E-state index contributed by atoms with van der Waals surface area (Å²) < 4.78 is 0. The summed E-state index contributed by atoms with van der Waals surface area (Å²) in [6, 6.07) is 5.29. The van der Waals surface area contributed by atoms with Crippen molar-refractivity contribution in [2.75, 3.05) is 6.61 Å². The van der Waals surface area contributed by atoms with Crippen LogP contribution < -0.4 is 5.32 Å². The monoisotopic (exact) mass is 280 g/mol. The molecule has 0 aliphatic rings. The Hall–Kier alpha value is -1.46. The van der Waals surface area contributed by atoms with E-state index in [1.165, 1.54) is 6.07 Å². The minimum absolute atomic E-state index is 0.0251. The lowest BCUT2D eigenvalue weighted by Crippen LogP contribution is -2.40. The molecule has 1 unspecified atom stereocenters. The van der Waals surface area contributed by atoms with Crippen molar-refractivity contribution in [1.82, 2.24) is 5.32 Å². The molecule has 0 radical (unpaired) electrons. The SMILES string of the molecule is Cc1c(CNC(CCO)C(C)(C)C)cccc1[N+](=O)[O-]. The highest BCUT2D eigenvalue weighted by Gasteiger charge is 2.24. The van der Waals surface area contributed by atoms with Crippen molar-refractivity contribution in [2.45, 2.75) is 46.7 Å². The third kappa shape index (κ3) is 4.28. The van der Waals surface area contributed by atoms with Gasteiger partial charge in [0.05, 0.1) is 4.92 Å². The van der Waals surface area contributed by atoms with Crippen molar-refractivity contribution in [3.8, 4) is 0 Å². The Labute approximate surface area is 120 Å². The van der Waals surface area contributed by atoms with Crippen LogP contribution in [0.1, 0.15) is 38.3 Å². The van der Waals surface area contributed by atoms with Crippen LogP contribution >= 0.6 is 0 Å². The Balaban J connectivity index is 2.83. The minimum Gasteiger partial charge on any atom is -0.396 e. The van der Waals surface area contributed by atoms with Gasteiger partial charge in [0.1, 0.15) is 0 Å². The molecule has 0 aliphatic carbocycles. The number of aliphatic hydroxyl groups excluding tert-OH is 1. The maximum Gasteiger partial charge on any atom is 0.272 e. The predicted molar refractivity (Wildman–Crippen MR) is 79.6 cm³/mol. The highest BCUT2D eigenvalue weighted by molar-refractivity contribution is 5.44. The fourth-order valence-corrected chi connectivity index (χ4v) is 2.26. The molecule has 1 atom stereocenters. The van der Waals surface area contributed by atoms with E-state index >= 15 is 0 Å². The van der Waals surface area contributed by atoms with Crippen molar-refractivity contribution in [1.29, 1.82) is 0 Å². The summed E-state index contributed by atoms with van der Waals surface area (Å²) in [4.78, 5) is 10.6. The Kier molecular flexibility index (Phi) is 5.65. The van der Waals surface area contributed by atoms with Gasteiger partial charge in [-0.3, -0.25) is 10.1 Å². The molecule has 1 aromatic carbocycles. The van der Waals surface area contributed by atoms with Crippen LogP contribution in [-0.2, 0) is 6.54 Å². The molecular formula is C15H24N2O3. The van der Waals surface area contributed by atoms with Gasteiger partial charge < -0.3 is 10.4 Å². The number of nitrogens with one attached hydrogen (secondary N) is 1. The van der Waals surface area contributed by atoms with Crippen LogP contribution in [0.15, 0.2) is 18.2 Å². The van der Waals surface area contributed by atoms with Crippen molar-refractivity contribution in [2.24, 2.45) is 5.41 Å². The average Bonchev–Trinajstić information content (AvgIpc) is 2.34. The molecule has 0 heterocycles. The lowest BCUT2D eigenvalue weighted by atomic mass is 9.84. The maximum absolute atomic E-state index is 10.9. The van der Waals surface area contributed by atoms with Gasteiger partial charge in [0, 0.05) is 30.8 Å². The lowest BCUT2D eigenvalue weighted by molar-refractivity contribution is -0.385. The number of hydrogen-bond acceptors (Lipinski definition) is 4. The van der Waals surface area contributed by atoms with Crippen LogP contribution in [0.25, 0.3) is 0 Å². The van der Waals surface area contributed by atoms with E-state index in [1.54, 1.807) is 13.0 Å². The molecule has 112 valence electrons. The summed E-state index contributed by atoms with van der Waals surface area (Å²) in [5.41, 5.74) is 1.80. The third-order valence-corrected chi connectivity index (χ3v) is 3.62. The van der Waals surface area contributed by atoms with E-state index in [9.17, 15) is 10.1 Å². The zero-order valence-corrected chi connectivity index (χ0v) is 12.6. The van der Waals surface area contributed by atoms with Gasteiger partial charge >= 0.3 is 0 Å². The first-order valence-electron chi connectivity index (χ1n) is 6.84. The van der Waals surface area contributed by atoms with Crippen molar-refractivity contribution >= 4 is 5.69 Å². The average molecular weight is 280 g/mol. The quantitative estimate of drug-likeness (QED) is 0.620. The number of nitro benzene ring substituents is 1. The van der Waals surface area contributed by atoms with Gasteiger partial charge in [0.2, 0.25) is 0 Å². The summed E-state index contributed by atoms with van der Waals surface area (Å²) in [5.74, 6) is 0. The van der Waals surface area contributed by atoms with E-state index in [1.807, 2.05) is 6.07 Å². The molecule has 0 saturated heterocycles. The van der Waals surface area contributed by atoms with Gasteiger partial charge in [-0.1, -0.05) is 32.9 Å². The smallest absolute Gasteiger partial charge is 0.272 e. The topological polar surface area (TPSA) is 75.4 Å². The van der Waals surface area contributed by atoms with Crippen LogP contribution in [-0.4, -0.2) is 22.7 Å². The molecule has 1 rings (SSSR count). The van der Waals surface area contributed by atoms with Crippen molar-refractivity contribution in [3.05, 3.63) is 39.4 Å². The molecular weight excluding hydrogens is 256 g/mol. The number of benzene rings is 1. The molecule has 1 aromatic rings. The predicted octanol–water partition coefficient (Wildman–Crippen LogP) is 2.79. The zero-order chi connectivity index (χ0) is 15.3. The van der Waals surface area contributed by atoms with Gasteiger partial charge in [0.15, 0.2) is 0 Å². The third-order valence-electron chi connectivity index (χ3n) is 3.62. The van der Waals surface area contributed by atoms with Crippen molar-refractivity contribution < 1.29 is 10.0 Å². The van der Waals surface area contributed by atoms with Gasteiger partial charge in [-0.25, -0.2) is 0 Å². The minimum atomic E-state index is -0.353. The van der Waals surface area contributed by atoms with Gasteiger partial charge in [0.25, 0.3) is 5.69 Å². The molecule has 0 aliphatic heterocycles. The summed E-state index contributed by atoms with van der Waals surface area (Å²) in [7, 11) is 0. The Bertz CT molecular complexity index is 467. The molecule has 0 saturated carbocycles. The first-order valence-corrected chi connectivity index (χ1v) is 6.84. The first kappa shape index (κ1) is 16.6. The zero-order valence-electron chi connectivity index (χ0n) is 12.6. The van der Waals surface area contributed by atoms with Crippen LogP contribution in [0.4, 0.5) is 5.69 Å². The molecule has 0 aromatic heterocycles. The fourth-order valence-electron chi connectivity index (χ4n) is 2.26. The van der Waals surface area contributed by atoms with E-state index in [0.29, 0.717) is 18.5 Å². The molecule has 20 heavy (non-hydrogen) atoms. The number of nitro groups is 1. The van der Waals surface area contributed by atoms with Gasteiger partial charge in [-0.15, -0.1) is 0 Å². The van der Waals surface area contributed by atoms with Crippen LogP contribution in [0.2, 0.25) is 0 Å². The van der Waals surface area contributed by atoms with E-state index in [4.69, 9.17) is 5.11 Å². The van der Waals surface area contributed by atoms with Crippen LogP contribution in [0.3, 0.4) is 0 Å².